The number of carbonyl (C=O) groups excluding carboxylic acids is 1. The van der Waals surface area contributed by atoms with E-state index in [1.54, 1.807) is 32.3 Å². The molecule has 11 heteroatoms. The number of benzene rings is 1. The summed E-state index contributed by atoms with van der Waals surface area (Å²) < 4.78 is 29.2. The smallest absolute Gasteiger partial charge is 0.236 e. The molecule has 0 atom stereocenters. The number of carbonyl (C=O) groups is 1. The van der Waals surface area contributed by atoms with Crippen molar-refractivity contribution < 1.29 is 13.6 Å². The highest BCUT2D eigenvalue weighted by Crippen LogP contribution is 2.32. The van der Waals surface area contributed by atoms with Gasteiger partial charge in [-0.05, 0) is 25.1 Å². The van der Waals surface area contributed by atoms with Gasteiger partial charge >= 0.3 is 0 Å². The van der Waals surface area contributed by atoms with Crippen molar-refractivity contribution in [2.45, 2.75) is 13.5 Å². The van der Waals surface area contributed by atoms with Gasteiger partial charge in [-0.25, -0.2) is 18.7 Å². The average Bonchev–Trinajstić information content (AvgIpc) is 3.38. The van der Waals surface area contributed by atoms with E-state index in [0.717, 1.165) is 21.6 Å². The van der Waals surface area contributed by atoms with Crippen LogP contribution in [0.4, 0.5) is 8.78 Å². The fraction of sp³-hybridized carbons (Fsp3) is 0.250. The van der Waals surface area contributed by atoms with E-state index in [9.17, 15) is 13.6 Å². The zero-order valence-corrected chi connectivity index (χ0v) is 17.8. The molecule has 160 valence electrons. The molecule has 0 aliphatic carbocycles. The Kier molecular flexibility index (Phi) is 5.70. The Hall–Kier alpha value is -3.31. The lowest BCUT2D eigenvalue weighted by atomic mass is 10.1. The normalized spacial score (nSPS) is 11.3. The van der Waals surface area contributed by atoms with Gasteiger partial charge in [0.15, 0.2) is 17.2 Å². The number of rotatable bonds is 6. The van der Waals surface area contributed by atoms with E-state index in [2.05, 4.69) is 30.7 Å². The summed E-state index contributed by atoms with van der Waals surface area (Å²) in [7, 11) is 3.40. The van der Waals surface area contributed by atoms with Crippen LogP contribution in [0.25, 0.3) is 32.9 Å². The summed E-state index contributed by atoms with van der Waals surface area (Å²) in [6.45, 7) is 2.51. The number of thiazole rings is 1. The number of nitrogens with zero attached hydrogens (tertiary/aromatic N) is 5. The number of amides is 1. The second kappa shape index (κ2) is 8.44. The molecule has 0 bridgehead atoms. The number of halogens is 2. The van der Waals surface area contributed by atoms with Crippen molar-refractivity contribution in [1.29, 1.82) is 0 Å². The molecule has 4 aromatic rings. The molecule has 0 aliphatic heterocycles. The van der Waals surface area contributed by atoms with Crippen LogP contribution in [0.1, 0.15) is 10.7 Å². The molecule has 31 heavy (non-hydrogen) atoms. The molecule has 8 nitrogen and oxygen atoms in total. The Morgan fingerprint density at radius 3 is 2.77 bits per heavy atom. The Morgan fingerprint density at radius 2 is 2.00 bits per heavy atom. The fourth-order valence-corrected chi connectivity index (χ4v) is 4.04. The highest BCUT2D eigenvalue weighted by atomic mass is 32.1. The SMILES string of the molecule is Cc1nc(CNCC(=O)N(C)C)sc1-c1cccc(-c2cc(F)c3nn[nH]c3c2F)n1. The second-order valence-corrected chi connectivity index (χ2v) is 8.16. The maximum Gasteiger partial charge on any atom is 0.236 e. The number of hydrogen-bond acceptors (Lipinski definition) is 7. The summed E-state index contributed by atoms with van der Waals surface area (Å²) in [5, 5.41) is 13.3. The van der Waals surface area contributed by atoms with Gasteiger partial charge in [0, 0.05) is 26.2 Å². The molecule has 3 heterocycles. The molecular formula is C20H19F2N7OS. The van der Waals surface area contributed by atoms with E-state index in [-0.39, 0.29) is 34.7 Å². The van der Waals surface area contributed by atoms with Gasteiger partial charge in [0.1, 0.15) is 10.5 Å². The van der Waals surface area contributed by atoms with Crippen molar-refractivity contribution in [1.82, 2.24) is 35.6 Å². The van der Waals surface area contributed by atoms with E-state index in [4.69, 9.17) is 0 Å². The number of nitrogens with one attached hydrogen (secondary N) is 2. The van der Waals surface area contributed by atoms with Gasteiger partial charge in [0.05, 0.1) is 28.5 Å². The molecule has 0 radical (unpaired) electrons. The quantitative estimate of drug-likeness (QED) is 0.475. The van der Waals surface area contributed by atoms with Crippen molar-refractivity contribution >= 4 is 28.3 Å². The largest absolute Gasteiger partial charge is 0.348 e. The van der Waals surface area contributed by atoms with Crippen LogP contribution in [0.2, 0.25) is 0 Å². The molecule has 3 aromatic heterocycles. The van der Waals surface area contributed by atoms with E-state index in [0.29, 0.717) is 12.2 Å². The number of aryl methyl sites for hydroxylation is 1. The first kappa shape index (κ1) is 20.9. The van der Waals surface area contributed by atoms with Gasteiger partial charge in [0.2, 0.25) is 5.91 Å². The van der Waals surface area contributed by atoms with Gasteiger partial charge in [-0.1, -0.05) is 11.3 Å². The first-order valence-electron chi connectivity index (χ1n) is 9.39. The second-order valence-electron chi connectivity index (χ2n) is 7.08. The first-order valence-corrected chi connectivity index (χ1v) is 10.2. The highest BCUT2D eigenvalue weighted by Gasteiger charge is 2.19. The first-order chi connectivity index (χ1) is 14.8. The molecular weight excluding hydrogens is 424 g/mol. The minimum Gasteiger partial charge on any atom is -0.348 e. The summed E-state index contributed by atoms with van der Waals surface area (Å²) >= 11 is 1.43. The number of pyridine rings is 1. The van der Waals surface area contributed by atoms with Crippen LogP contribution in [0.5, 0.6) is 0 Å². The molecule has 4 rings (SSSR count). The molecule has 0 fully saturated rings. The standard InChI is InChI=1S/C20H19F2N7OS/c1-10-20(31-15(24-10)8-23-9-16(30)29(2)3)14-6-4-5-13(25-14)11-7-12(21)18-19(17(11)22)27-28-26-18/h4-7,23H,8-9H2,1-3H3,(H,26,27,28). The van der Waals surface area contributed by atoms with Crippen LogP contribution >= 0.6 is 11.3 Å². The zero-order valence-electron chi connectivity index (χ0n) is 17.0. The number of H-pyrrole nitrogens is 1. The molecule has 0 spiro atoms. The molecule has 0 saturated heterocycles. The molecule has 1 aromatic carbocycles. The van der Waals surface area contributed by atoms with E-state index in [1.807, 2.05) is 6.92 Å². The summed E-state index contributed by atoms with van der Waals surface area (Å²) in [5.74, 6) is -1.37. The van der Waals surface area contributed by atoms with Crippen LogP contribution in [0, 0.1) is 18.6 Å². The lowest BCUT2D eigenvalue weighted by Gasteiger charge is -2.09. The van der Waals surface area contributed by atoms with Crippen LogP contribution in [-0.2, 0) is 11.3 Å². The maximum absolute atomic E-state index is 14.9. The minimum absolute atomic E-state index is 0.0177. The third-order valence-electron chi connectivity index (χ3n) is 4.65. The van der Waals surface area contributed by atoms with E-state index >= 15 is 0 Å². The zero-order chi connectivity index (χ0) is 22.1. The molecule has 0 saturated carbocycles. The maximum atomic E-state index is 14.9. The third kappa shape index (κ3) is 4.14. The van der Waals surface area contributed by atoms with Crippen molar-refractivity contribution in [3.05, 3.63) is 46.6 Å². The molecule has 0 unspecified atom stereocenters. The van der Waals surface area contributed by atoms with Gasteiger partial charge in [-0.2, -0.15) is 0 Å². The van der Waals surface area contributed by atoms with Crippen molar-refractivity contribution in [2.24, 2.45) is 0 Å². The summed E-state index contributed by atoms with van der Waals surface area (Å²) in [5.41, 5.74) is 1.42. The Labute approximate surface area is 180 Å². The van der Waals surface area contributed by atoms with Crippen molar-refractivity contribution in [3.8, 4) is 21.8 Å². The van der Waals surface area contributed by atoms with Crippen LogP contribution in [-0.4, -0.2) is 56.8 Å². The van der Waals surface area contributed by atoms with E-state index in [1.165, 1.54) is 16.2 Å². The van der Waals surface area contributed by atoms with Crippen LogP contribution < -0.4 is 5.32 Å². The predicted molar refractivity (Wildman–Crippen MR) is 113 cm³/mol. The number of aromatic nitrogens is 5. The van der Waals surface area contributed by atoms with Gasteiger partial charge in [0.25, 0.3) is 0 Å². The number of fused-ring (bicyclic) bond motifs is 1. The monoisotopic (exact) mass is 443 g/mol. The fourth-order valence-electron chi connectivity index (χ4n) is 3.04. The highest BCUT2D eigenvalue weighted by molar-refractivity contribution is 7.15. The number of likely N-dealkylation sites (N-methyl/N-ethyl adjacent to an activating group) is 1. The summed E-state index contributed by atoms with van der Waals surface area (Å²) in [6.07, 6.45) is 0. The summed E-state index contributed by atoms with van der Waals surface area (Å²) in [4.78, 5) is 23.1. The van der Waals surface area contributed by atoms with Gasteiger partial charge in [-0.15, -0.1) is 16.4 Å². The Bertz CT molecular complexity index is 1270. The molecule has 0 aliphatic rings. The lowest BCUT2D eigenvalue weighted by molar-refractivity contribution is -0.127. The van der Waals surface area contributed by atoms with E-state index < -0.39 is 11.6 Å². The molecule has 2 N–H and O–H groups in total. The Balaban J connectivity index is 1.62. The topological polar surface area (TPSA) is 99.7 Å². The van der Waals surface area contributed by atoms with Crippen LogP contribution in [0.3, 0.4) is 0 Å². The number of aromatic amines is 1. The average molecular weight is 443 g/mol. The predicted octanol–water partition coefficient (Wildman–Crippen LogP) is 2.91. The van der Waals surface area contributed by atoms with Crippen molar-refractivity contribution in [3.63, 3.8) is 0 Å². The van der Waals surface area contributed by atoms with Crippen molar-refractivity contribution in [2.75, 3.05) is 20.6 Å². The van der Waals surface area contributed by atoms with Gasteiger partial charge < -0.3 is 10.2 Å². The summed E-state index contributed by atoms with van der Waals surface area (Å²) in [6, 6.07) is 6.21. The number of hydrogen-bond donors (Lipinski definition) is 2. The Morgan fingerprint density at radius 1 is 1.23 bits per heavy atom. The van der Waals surface area contributed by atoms with Crippen LogP contribution in [0.15, 0.2) is 24.3 Å². The third-order valence-corrected chi connectivity index (χ3v) is 5.83. The minimum atomic E-state index is -0.679. The molecule has 1 amide bonds. The van der Waals surface area contributed by atoms with Gasteiger partial charge in [-0.3, -0.25) is 9.89 Å². The lowest BCUT2D eigenvalue weighted by Crippen LogP contribution is -2.32.